The number of rotatable bonds is 6. The van der Waals surface area contributed by atoms with Gasteiger partial charge in [-0.3, -0.25) is 9.69 Å². The largest absolute Gasteiger partial charge is 0.347 e. The van der Waals surface area contributed by atoms with Gasteiger partial charge in [0.25, 0.3) is 5.91 Å². The molecule has 2 saturated heterocycles. The minimum atomic E-state index is 0.169. The number of hydrogen-bond donors (Lipinski definition) is 1. The molecule has 4 heterocycles. The normalized spacial score (nSPS) is 24.1. The molecule has 2 aliphatic rings. The van der Waals surface area contributed by atoms with E-state index in [1.165, 1.54) is 5.56 Å². The van der Waals surface area contributed by atoms with Crippen molar-refractivity contribution in [2.75, 3.05) is 26.2 Å². The highest BCUT2D eigenvalue weighted by Crippen LogP contribution is 2.46. The van der Waals surface area contributed by atoms with Gasteiger partial charge in [0.15, 0.2) is 0 Å². The number of carbonyl (C=O) groups is 1. The van der Waals surface area contributed by atoms with Crippen LogP contribution in [0, 0.1) is 11.3 Å². The highest BCUT2D eigenvalue weighted by molar-refractivity contribution is 7.12. The van der Waals surface area contributed by atoms with Gasteiger partial charge in [0, 0.05) is 50.0 Å². The Morgan fingerprint density at radius 1 is 1.17 bits per heavy atom. The first kappa shape index (κ1) is 18.6. The summed E-state index contributed by atoms with van der Waals surface area (Å²) in [5.41, 5.74) is 2.72. The van der Waals surface area contributed by atoms with Gasteiger partial charge in [0.2, 0.25) is 0 Å². The molecule has 29 heavy (non-hydrogen) atoms. The Bertz CT molecular complexity index is 941. The predicted molar refractivity (Wildman–Crippen MR) is 115 cm³/mol. The predicted octanol–water partition coefficient (Wildman–Crippen LogP) is 3.68. The summed E-state index contributed by atoms with van der Waals surface area (Å²) >= 11 is 1.55. The summed E-state index contributed by atoms with van der Waals surface area (Å²) in [4.78, 5) is 25.9. The summed E-state index contributed by atoms with van der Waals surface area (Å²) < 4.78 is 0. The molecule has 1 N–H and O–H groups in total. The Morgan fingerprint density at radius 3 is 2.83 bits per heavy atom. The second-order valence-corrected chi connectivity index (χ2v) is 9.40. The molecule has 0 spiro atoms. The Balaban J connectivity index is 1.34. The number of imidazole rings is 1. The summed E-state index contributed by atoms with van der Waals surface area (Å²) in [6.07, 6.45) is 5.85. The number of aromatic nitrogens is 2. The summed E-state index contributed by atoms with van der Waals surface area (Å²) in [5, 5.41) is 1.99. The highest BCUT2D eigenvalue weighted by Gasteiger charge is 2.52. The van der Waals surface area contributed by atoms with Crippen molar-refractivity contribution in [2.24, 2.45) is 11.3 Å². The Morgan fingerprint density at radius 2 is 2.07 bits per heavy atom. The highest BCUT2D eigenvalue weighted by atomic mass is 32.1. The zero-order valence-electron chi connectivity index (χ0n) is 16.5. The van der Waals surface area contributed by atoms with Crippen LogP contribution in [0.4, 0.5) is 0 Å². The lowest BCUT2D eigenvalue weighted by molar-refractivity contribution is 0.0760. The number of aromatic amines is 1. The van der Waals surface area contributed by atoms with Gasteiger partial charge in [-0.15, -0.1) is 11.3 Å². The Kier molecular flexibility index (Phi) is 4.97. The molecule has 5 nitrogen and oxygen atoms in total. The van der Waals surface area contributed by atoms with Crippen molar-refractivity contribution in [3.8, 4) is 0 Å². The first-order valence-corrected chi connectivity index (χ1v) is 11.2. The van der Waals surface area contributed by atoms with E-state index < -0.39 is 0 Å². The summed E-state index contributed by atoms with van der Waals surface area (Å²) in [7, 11) is 0. The van der Waals surface area contributed by atoms with Gasteiger partial charge in [-0.2, -0.15) is 0 Å². The molecular formula is C23H26N4OS. The van der Waals surface area contributed by atoms with Crippen LogP contribution in [0.15, 0.2) is 60.4 Å². The van der Waals surface area contributed by atoms with Crippen molar-refractivity contribution in [3.63, 3.8) is 0 Å². The number of fused-ring (bicyclic) bond motifs is 1. The van der Waals surface area contributed by atoms with Crippen molar-refractivity contribution in [2.45, 2.75) is 19.4 Å². The van der Waals surface area contributed by atoms with Crippen LogP contribution in [0.3, 0.4) is 0 Å². The minimum absolute atomic E-state index is 0.169. The SMILES string of the molecule is O=C(c1cccs1)N1CC2CN(Cc3cnc[nH]3)CC2(CCc2ccccc2)C1. The first-order valence-electron chi connectivity index (χ1n) is 10.3. The molecular weight excluding hydrogens is 380 g/mol. The maximum absolute atomic E-state index is 13.0. The maximum atomic E-state index is 13.0. The molecule has 6 heteroatoms. The molecule has 5 rings (SSSR count). The van der Waals surface area contributed by atoms with Crippen LogP contribution in [0.25, 0.3) is 0 Å². The van der Waals surface area contributed by atoms with Crippen molar-refractivity contribution in [1.29, 1.82) is 0 Å². The molecule has 2 aliphatic heterocycles. The number of carbonyl (C=O) groups excluding carboxylic acids is 1. The fraction of sp³-hybridized carbons (Fsp3) is 0.391. The molecule has 0 aliphatic carbocycles. The van der Waals surface area contributed by atoms with Crippen molar-refractivity contribution >= 4 is 17.2 Å². The van der Waals surface area contributed by atoms with Crippen molar-refractivity contribution in [3.05, 3.63) is 76.5 Å². The number of thiophene rings is 1. The standard InChI is InChI=1S/C23H26N4OS/c28-22(21-7-4-10-29-21)27-13-19-12-26(14-20-11-24-17-25-20)15-23(19,16-27)9-8-18-5-2-1-3-6-18/h1-7,10-11,17,19H,8-9,12-16H2,(H,24,25). The molecule has 2 fully saturated rings. The van der Waals surface area contributed by atoms with E-state index in [2.05, 4.69) is 50.1 Å². The molecule has 2 atom stereocenters. The smallest absolute Gasteiger partial charge is 0.263 e. The maximum Gasteiger partial charge on any atom is 0.263 e. The number of likely N-dealkylation sites (tertiary alicyclic amines) is 2. The fourth-order valence-corrected chi connectivity index (χ4v) is 5.82. The summed E-state index contributed by atoms with van der Waals surface area (Å²) in [6.45, 7) is 4.72. The number of nitrogens with one attached hydrogen (secondary N) is 1. The monoisotopic (exact) mass is 406 g/mol. The van der Waals surface area contributed by atoms with E-state index >= 15 is 0 Å². The molecule has 2 aromatic heterocycles. The van der Waals surface area contributed by atoms with Gasteiger partial charge in [0.05, 0.1) is 11.2 Å². The molecule has 0 radical (unpaired) electrons. The second kappa shape index (κ2) is 7.76. The molecule has 150 valence electrons. The zero-order chi connectivity index (χ0) is 19.7. The number of nitrogens with zero attached hydrogens (tertiary/aromatic N) is 3. The molecule has 3 aromatic rings. The second-order valence-electron chi connectivity index (χ2n) is 8.45. The van der Waals surface area contributed by atoms with E-state index in [0.29, 0.717) is 5.92 Å². The van der Waals surface area contributed by atoms with E-state index in [1.54, 1.807) is 17.7 Å². The van der Waals surface area contributed by atoms with E-state index in [4.69, 9.17) is 0 Å². The van der Waals surface area contributed by atoms with Gasteiger partial charge in [-0.1, -0.05) is 36.4 Å². The minimum Gasteiger partial charge on any atom is -0.347 e. The topological polar surface area (TPSA) is 52.2 Å². The van der Waals surface area contributed by atoms with E-state index in [-0.39, 0.29) is 11.3 Å². The van der Waals surface area contributed by atoms with E-state index in [0.717, 1.165) is 56.1 Å². The van der Waals surface area contributed by atoms with E-state index in [9.17, 15) is 4.79 Å². The van der Waals surface area contributed by atoms with E-state index in [1.807, 2.05) is 23.7 Å². The van der Waals surface area contributed by atoms with Gasteiger partial charge in [-0.05, 0) is 35.8 Å². The Hall–Kier alpha value is -2.44. The van der Waals surface area contributed by atoms with Gasteiger partial charge >= 0.3 is 0 Å². The third-order valence-corrected chi connectivity index (χ3v) is 7.41. The van der Waals surface area contributed by atoms with Gasteiger partial charge < -0.3 is 9.88 Å². The average molecular weight is 407 g/mol. The lowest BCUT2D eigenvalue weighted by Crippen LogP contribution is -2.37. The van der Waals surface area contributed by atoms with Crippen LogP contribution in [0.1, 0.15) is 27.3 Å². The van der Waals surface area contributed by atoms with Crippen LogP contribution >= 0.6 is 11.3 Å². The number of hydrogen-bond acceptors (Lipinski definition) is 4. The molecule has 0 saturated carbocycles. The quantitative estimate of drug-likeness (QED) is 0.679. The Labute approximate surface area is 175 Å². The van der Waals surface area contributed by atoms with Crippen LogP contribution in [-0.2, 0) is 13.0 Å². The first-order chi connectivity index (χ1) is 14.2. The van der Waals surface area contributed by atoms with Crippen molar-refractivity contribution < 1.29 is 4.79 Å². The van der Waals surface area contributed by atoms with Crippen molar-refractivity contribution in [1.82, 2.24) is 19.8 Å². The lowest BCUT2D eigenvalue weighted by Gasteiger charge is -2.29. The zero-order valence-corrected chi connectivity index (χ0v) is 17.3. The third kappa shape index (κ3) is 3.74. The molecule has 2 unspecified atom stereocenters. The third-order valence-electron chi connectivity index (χ3n) is 6.55. The van der Waals surface area contributed by atoms with Crippen LogP contribution in [-0.4, -0.2) is 51.9 Å². The average Bonchev–Trinajstić information content (AvgIpc) is 3.51. The molecule has 0 bridgehead atoms. The molecule has 1 amide bonds. The van der Waals surface area contributed by atoms with Gasteiger partial charge in [-0.25, -0.2) is 4.98 Å². The number of benzene rings is 1. The fourth-order valence-electron chi connectivity index (χ4n) is 5.13. The molecule has 1 aromatic carbocycles. The number of aryl methyl sites for hydroxylation is 1. The lowest BCUT2D eigenvalue weighted by atomic mass is 9.76. The van der Waals surface area contributed by atoms with Gasteiger partial charge in [0.1, 0.15) is 0 Å². The summed E-state index contributed by atoms with van der Waals surface area (Å²) in [6, 6.07) is 14.6. The number of amides is 1. The number of H-pyrrole nitrogens is 1. The summed E-state index contributed by atoms with van der Waals surface area (Å²) in [5.74, 6) is 0.728. The van der Waals surface area contributed by atoms with Crippen LogP contribution < -0.4 is 0 Å². The van der Waals surface area contributed by atoms with Crippen LogP contribution in [0.2, 0.25) is 0 Å². The van der Waals surface area contributed by atoms with Crippen LogP contribution in [0.5, 0.6) is 0 Å².